The van der Waals surface area contributed by atoms with E-state index in [2.05, 4.69) is 0 Å². The van der Waals surface area contributed by atoms with Gasteiger partial charge in [-0.3, -0.25) is 9.59 Å². The largest absolute Gasteiger partial charge is 0.288 e. The molecular formula is C6H9ClO2S. The Kier molecular flexibility index (Phi) is 1.95. The summed E-state index contributed by atoms with van der Waals surface area (Å²) in [4.78, 5) is 21.6. The Hall–Kier alpha value is -0.0200. The molecule has 1 unspecified atom stereocenters. The lowest BCUT2D eigenvalue weighted by Crippen LogP contribution is -2.07. The molecule has 0 saturated carbocycles. The standard InChI is InChI=1S/C6H9ClO2S/c1-4(6(7)9)3-10-5(2)8/h4H,3H2,1-2H3/i1D3,3D2. The molecule has 0 aliphatic carbocycles. The topological polar surface area (TPSA) is 34.1 Å². The number of hydrogen-bond donors (Lipinski definition) is 0. The van der Waals surface area contributed by atoms with E-state index in [0.29, 0.717) is 0 Å². The van der Waals surface area contributed by atoms with Crippen LogP contribution < -0.4 is 0 Å². The summed E-state index contributed by atoms with van der Waals surface area (Å²) in [6.07, 6.45) is 0. The van der Waals surface area contributed by atoms with Crippen molar-refractivity contribution in [1.82, 2.24) is 0 Å². The zero-order chi connectivity index (χ0) is 12.4. The first-order valence-electron chi connectivity index (χ1n) is 4.87. The van der Waals surface area contributed by atoms with Gasteiger partial charge in [0.2, 0.25) is 5.24 Å². The minimum atomic E-state index is -2.87. The molecule has 0 N–H and O–H groups in total. The third-order valence-corrected chi connectivity index (χ3v) is 1.41. The van der Waals surface area contributed by atoms with Crippen LogP contribution in [-0.2, 0) is 9.59 Å². The second kappa shape index (κ2) is 4.74. The van der Waals surface area contributed by atoms with Gasteiger partial charge >= 0.3 is 0 Å². The number of rotatable bonds is 3. The van der Waals surface area contributed by atoms with Gasteiger partial charge in [-0.1, -0.05) is 18.6 Å². The molecule has 0 spiro atoms. The van der Waals surface area contributed by atoms with Crippen LogP contribution in [0.4, 0.5) is 0 Å². The number of hydrogen-bond acceptors (Lipinski definition) is 3. The van der Waals surface area contributed by atoms with Crippen molar-refractivity contribution in [3.8, 4) is 0 Å². The summed E-state index contributed by atoms with van der Waals surface area (Å²) >= 11 is 5.18. The molecule has 4 heteroatoms. The molecule has 2 nitrogen and oxygen atoms in total. The van der Waals surface area contributed by atoms with Crippen molar-refractivity contribution in [3.05, 3.63) is 0 Å². The van der Waals surface area contributed by atoms with E-state index >= 15 is 0 Å². The van der Waals surface area contributed by atoms with E-state index in [1.54, 1.807) is 0 Å². The molecule has 1 atom stereocenters. The molecule has 0 bridgehead atoms. The van der Waals surface area contributed by atoms with Gasteiger partial charge in [0.15, 0.2) is 5.12 Å². The zero-order valence-corrected chi connectivity index (χ0v) is 6.75. The lowest BCUT2D eigenvalue weighted by atomic mass is 10.2. The normalized spacial score (nSPS) is 22.8. The molecule has 58 valence electrons. The smallest absolute Gasteiger partial charge is 0.225 e. The van der Waals surface area contributed by atoms with Crippen LogP contribution >= 0.6 is 23.4 Å². The number of thioether (sulfide) groups is 1. The predicted molar refractivity (Wildman–Crippen MR) is 43.2 cm³/mol. The molecule has 0 aromatic heterocycles. The Balaban J connectivity index is 5.08. The van der Waals surface area contributed by atoms with Crippen LogP contribution in [0.3, 0.4) is 0 Å². The van der Waals surface area contributed by atoms with Gasteiger partial charge in [-0.2, -0.15) is 0 Å². The van der Waals surface area contributed by atoms with Gasteiger partial charge in [0.25, 0.3) is 0 Å². The molecule has 0 amide bonds. The molecule has 0 radical (unpaired) electrons. The third kappa shape index (κ3) is 4.82. The highest BCUT2D eigenvalue weighted by Crippen LogP contribution is 2.10. The Morgan fingerprint density at radius 1 is 1.90 bits per heavy atom. The molecular weight excluding hydrogens is 172 g/mol. The van der Waals surface area contributed by atoms with Gasteiger partial charge in [-0.25, -0.2) is 0 Å². The predicted octanol–water partition coefficient (Wildman–Crippen LogP) is 1.67. The second-order valence-electron chi connectivity index (χ2n) is 1.45. The lowest BCUT2D eigenvalue weighted by Gasteiger charge is -2.01. The third-order valence-electron chi connectivity index (χ3n) is 0.547. The van der Waals surface area contributed by atoms with Crippen molar-refractivity contribution < 1.29 is 16.4 Å². The minimum Gasteiger partial charge on any atom is -0.288 e. The fourth-order valence-electron chi connectivity index (χ4n) is 0.188. The Bertz CT molecular complexity index is 277. The first-order chi connectivity index (χ1) is 6.48. The van der Waals surface area contributed by atoms with E-state index in [9.17, 15) is 9.59 Å². The maximum absolute atomic E-state index is 10.9. The second-order valence-corrected chi connectivity index (χ2v) is 2.84. The fraction of sp³-hybridized carbons (Fsp3) is 0.667. The van der Waals surface area contributed by atoms with Crippen molar-refractivity contribution in [3.63, 3.8) is 0 Å². The van der Waals surface area contributed by atoms with E-state index in [4.69, 9.17) is 18.5 Å². The van der Waals surface area contributed by atoms with Crippen molar-refractivity contribution in [2.24, 2.45) is 5.92 Å². The van der Waals surface area contributed by atoms with Gasteiger partial charge < -0.3 is 0 Å². The summed E-state index contributed by atoms with van der Waals surface area (Å²) in [6.45, 7) is -1.79. The summed E-state index contributed by atoms with van der Waals surface area (Å²) in [5.41, 5.74) is -2.53. The fourth-order valence-corrected chi connectivity index (χ4v) is 0.698. The van der Waals surface area contributed by atoms with Crippen molar-refractivity contribution >= 4 is 33.7 Å². The molecule has 0 aliphatic rings. The average Bonchev–Trinajstić information content (AvgIpc) is 1.74. The van der Waals surface area contributed by atoms with Crippen LogP contribution in [0, 0.1) is 5.92 Å². The van der Waals surface area contributed by atoms with Crippen molar-refractivity contribution in [1.29, 1.82) is 0 Å². The maximum Gasteiger partial charge on any atom is 0.225 e. The van der Waals surface area contributed by atoms with Gasteiger partial charge in [0.05, 0.1) is 0 Å². The Morgan fingerprint density at radius 3 is 2.80 bits per heavy atom. The van der Waals surface area contributed by atoms with Gasteiger partial charge in [-0.05, 0) is 11.6 Å². The highest BCUT2D eigenvalue weighted by molar-refractivity contribution is 8.13. The van der Waals surface area contributed by atoms with E-state index < -0.39 is 28.8 Å². The molecule has 0 aromatic carbocycles. The highest BCUT2D eigenvalue weighted by Gasteiger charge is 2.10. The first-order valence-corrected chi connectivity index (χ1v) is 3.57. The average molecular weight is 186 g/mol. The molecule has 0 aromatic rings. The van der Waals surface area contributed by atoms with Crippen LogP contribution in [0.15, 0.2) is 0 Å². The van der Waals surface area contributed by atoms with Crippen molar-refractivity contribution in [2.45, 2.75) is 13.8 Å². The molecule has 0 aliphatic heterocycles. The summed E-state index contributed by atoms with van der Waals surface area (Å²) in [7, 11) is 0. The van der Waals surface area contributed by atoms with Crippen LogP contribution in [-0.4, -0.2) is 16.1 Å². The molecule has 10 heavy (non-hydrogen) atoms. The Morgan fingerprint density at radius 2 is 2.50 bits per heavy atom. The van der Waals surface area contributed by atoms with Gasteiger partial charge in [0.1, 0.15) is 0 Å². The van der Waals surface area contributed by atoms with Crippen LogP contribution in [0.1, 0.15) is 20.6 Å². The van der Waals surface area contributed by atoms with Crippen molar-refractivity contribution in [2.75, 3.05) is 5.70 Å². The Labute approximate surface area is 76.3 Å². The van der Waals surface area contributed by atoms with Gasteiger partial charge in [-0.15, -0.1) is 0 Å². The van der Waals surface area contributed by atoms with Crippen LogP contribution in [0.2, 0.25) is 0 Å². The number of carbonyl (C=O) groups excluding carboxylic acids is 2. The summed E-state index contributed by atoms with van der Waals surface area (Å²) in [5.74, 6) is -2.01. The highest BCUT2D eigenvalue weighted by atomic mass is 35.5. The summed E-state index contributed by atoms with van der Waals surface area (Å²) in [6, 6.07) is 0. The minimum absolute atomic E-state index is 0.149. The summed E-state index contributed by atoms with van der Waals surface area (Å²) < 4.78 is 35.6. The number of halogens is 1. The molecule has 0 fully saturated rings. The zero-order valence-electron chi connectivity index (χ0n) is 10.2. The maximum atomic E-state index is 10.9. The lowest BCUT2D eigenvalue weighted by molar-refractivity contribution is -0.114. The SMILES string of the molecule is [2H]C([2H])([2H])C(C(=O)Cl)C([2H])([2H])SC(C)=O. The number of carbonyl (C=O) groups is 2. The monoisotopic (exact) mass is 185 g/mol. The van der Waals surface area contributed by atoms with E-state index in [1.165, 1.54) is 0 Å². The summed E-state index contributed by atoms with van der Waals surface area (Å²) in [5, 5.41) is -1.93. The molecule has 0 heterocycles. The van der Waals surface area contributed by atoms with Crippen LogP contribution in [0.25, 0.3) is 0 Å². The first kappa shape index (κ1) is 4.12. The van der Waals surface area contributed by atoms with E-state index in [1.807, 2.05) is 0 Å². The quantitative estimate of drug-likeness (QED) is 0.628. The van der Waals surface area contributed by atoms with E-state index in [0.717, 1.165) is 6.92 Å². The molecule has 0 saturated heterocycles. The van der Waals surface area contributed by atoms with Gasteiger partial charge in [0, 0.05) is 25.4 Å². The van der Waals surface area contributed by atoms with E-state index in [-0.39, 0.29) is 11.8 Å². The van der Waals surface area contributed by atoms with Crippen LogP contribution in [0.5, 0.6) is 0 Å². The molecule has 0 rings (SSSR count).